The number of aromatic hydroxyl groups is 1. The van der Waals surface area contributed by atoms with E-state index in [1.54, 1.807) is 29.9 Å². The lowest BCUT2D eigenvalue weighted by atomic mass is 10.0. The average molecular weight is 295 g/mol. The number of ether oxygens (including phenoxy) is 1. The van der Waals surface area contributed by atoms with Crippen LogP contribution in [0.2, 0.25) is 0 Å². The molecule has 1 heterocycles. The first-order valence-electron chi connectivity index (χ1n) is 7.16. The number of benzene rings is 2. The lowest BCUT2D eigenvalue weighted by molar-refractivity contribution is 0.415. The number of rotatable bonds is 3. The highest BCUT2D eigenvalue weighted by molar-refractivity contribution is 5.92. The monoisotopic (exact) mass is 295 g/mol. The maximum Gasteiger partial charge on any atom is 0.262 e. The van der Waals surface area contributed by atoms with Crippen molar-refractivity contribution in [1.82, 2.24) is 4.57 Å². The van der Waals surface area contributed by atoms with E-state index in [9.17, 15) is 9.90 Å². The Labute approximate surface area is 128 Å². The van der Waals surface area contributed by atoms with Crippen LogP contribution in [0.1, 0.15) is 6.92 Å². The predicted molar refractivity (Wildman–Crippen MR) is 87.5 cm³/mol. The fraction of sp³-hybridized carbons (Fsp3) is 0.167. The van der Waals surface area contributed by atoms with Crippen LogP contribution in [0.4, 0.5) is 0 Å². The number of aryl methyl sites for hydroxylation is 1. The SMILES string of the molecule is CCn1c(=O)c(-c2ccccc2)c(O)c2ccc(OC)cc21. The van der Waals surface area contributed by atoms with E-state index >= 15 is 0 Å². The Bertz CT molecular complexity index is 882. The summed E-state index contributed by atoms with van der Waals surface area (Å²) in [4.78, 5) is 12.8. The third-order valence-electron chi connectivity index (χ3n) is 3.83. The molecule has 0 saturated carbocycles. The van der Waals surface area contributed by atoms with Gasteiger partial charge in [0.2, 0.25) is 0 Å². The van der Waals surface area contributed by atoms with Gasteiger partial charge in [-0.2, -0.15) is 0 Å². The molecule has 0 bridgehead atoms. The van der Waals surface area contributed by atoms with Gasteiger partial charge in [0.25, 0.3) is 5.56 Å². The standard InChI is InChI=1S/C18H17NO3/c1-3-19-15-11-13(22-2)9-10-14(15)17(20)16(18(19)21)12-7-5-4-6-8-12/h4-11,20H,3H2,1-2H3. The van der Waals surface area contributed by atoms with Crippen LogP contribution in [0, 0.1) is 0 Å². The van der Waals surface area contributed by atoms with Crippen molar-refractivity contribution in [1.29, 1.82) is 0 Å². The molecule has 0 unspecified atom stereocenters. The van der Waals surface area contributed by atoms with Gasteiger partial charge in [0.15, 0.2) is 0 Å². The number of methoxy groups -OCH3 is 1. The number of aromatic nitrogens is 1. The summed E-state index contributed by atoms with van der Waals surface area (Å²) in [6.45, 7) is 2.43. The van der Waals surface area contributed by atoms with Crippen LogP contribution in [-0.4, -0.2) is 16.8 Å². The Kier molecular flexibility index (Phi) is 3.59. The molecule has 0 aliphatic carbocycles. The number of hydrogen-bond donors (Lipinski definition) is 1. The van der Waals surface area contributed by atoms with Gasteiger partial charge in [0, 0.05) is 18.0 Å². The van der Waals surface area contributed by atoms with E-state index in [2.05, 4.69) is 0 Å². The van der Waals surface area contributed by atoms with Crippen LogP contribution in [0.5, 0.6) is 11.5 Å². The van der Waals surface area contributed by atoms with Crippen molar-refractivity contribution in [3.05, 3.63) is 58.9 Å². The van der Waals surface area contributed by atoms with Crippen molar-refractivity contribution >= 4 is 10.9 Å². The molecule has 4 heteroatoms. The summed E-state index contributed by atoms with van der Waals surface area (Å²) in [6.07, 6.45) is 0. The molecule has 4 nitrogen and oxygen atoms in total. The zero-order valence-electron chi connectivity index (χ0n) is 12.5. The number of hydrogen-bond acceptors (Lipinski definition) is 3. The molecule has 112 valence electrons. The molecule has 2 aromatic carbocycles. The zero-order valence-corrected chi connectivity index (χ0v) is 12.5. The second-order valence-electron chi connectivity index (χ2n) is 5.02. The van der Waals surface area contributed by atoms with E-state index in [1.807, 2.05) is 37.3 Å². The maximum atomic E-state index is 12.8. The highest BCUT2D eigenvalue weighted by atomic mass is 16.5. The molecule has 1 N–H and O–H groups in total. The molecular formula is C18H17NO3. The molecule has 0 aliphatic rings. The number of nitrogens with zero attached hydrogens (tertiary/aromatic N) is 1. The van der Waals surface area contributed by atoms with Gasteiger partial charge in [-0.25, -0.2) is 0 Å². The quantitative estimate of drug-likeness (QED) is 0.805. The third-order valence-corrected chi connectivity index (χ3v) is 3.83. The molecule has 0 amide bonds. The first-order valence-corrected chi connectivity index (χ1v) is 7.16. The van der Waals surface area contributed by atoms with E-state index in [1.165, 1.54) is 0 Å². The highest BCUT2D eigenvalue weighted by Gasteiger charge is 2.17. The Morgan fingerprint density at radius 3 is 2.50 bits per heavy atom. The molecule has 0 aliphatic heterocycles. The molecule has 0 radical (unpaired) electrons. The average Bonchev–Trinajstić information content (AvgIpc) is 2.56. The summed E-state index contributed by atoms with van der Waals surface area (Å²) in [7, 11) is 1.58. The predicted octanol–water partition coefficient (Wildman–Crippen LogP) is 3.40. The summed E-state index contributed by atoms with van der Waals surface area (Å²) in [5, 5.41) is 11.3. The molecular weight excluding hydrogens is 278 g/mol. The van der Waals surface area contributed by atoms with Crippen LogP contribution in [0.15, 0.2) is 53.3 Å². The summed E-state index contributed by atoms with van der Waals surface area (Å²) in [5.41, 5.74) is 1.51. The molecule has 0 atom stereocenters. The van der Waals surface area contributed by atoms with Crippen molar-refractivity contribution in [2.75, 3.05) is 7.11 Å². The fourth-order valence-corrected chi connectivity index (χ4v) is 2.72. The normalized spacial score (nSPS) is 10.8. The molecule has 0 saturated heterocycles. The van der Waals surface area contributed by atoms with Crippen LogP contribution >= 0.6 is 0 Å². The Hall–Kier alpha value is -2.75. The minimum Gasteiger partial charge on any atom is -0.506 e. The molecule has 22 heavy (non-hydrogen) atoms. The molecule has 0 spiro atoms. The first-order chi connectivity index (χ1) is 10.7. The first kappa shape index (κ1) is 14.2. The van der Waals surface area contributed by atoms with Crippen molar-refractivity contribution < 1.29 is 9.84 Å². The van der Waals surface area contributed by atoms with Gasteiger partial charge >= 0.3 is 0 Å². The maximum absolute atomic E-state index is 12.8. The van der Waals surface area contributed by atoms with Crippen molar-refractivity contribution in [2.45, 2.75) is 13.5 Å². The summed E-state index contributed by atoms with van der Waals surface area (Å²) < 4.78 is 6.87. The van der Waals surface area contributed by atoms with Gasteiger partial charge in [0.1, 0.15) is 11.5 Å². The van der Waals surface area contributed by atoms with E-state index in [0.29, 0.717) is 34.3 Å². The minimum absolute atomic E-state index is 0.0125. The van der Waals surface area contributed by atoms with Gasteiger partial charge in [0.05, 0.1) is 18.2 Å². The minimum atomic E-state index is -0.202. The van der Waals surface area contributed by atoms with Gasteiger partial charge < -0.3 is 14.4 Å². The Morgan fingerprint density at radius 1 is 1.14 bits per heavy atom. The van der Waals surface area contributed by atoms with Crippen LogP contribution in [0.3, 0.4) is 0 Å². The van der Waals surface area contributed by atoms with Gasteiger partial charge in [-0.3, -0.25) is 4.79 Å². The Morgan fingerprint density at radius 2 is 1.86 bits per heavy atom. The second-order valence-corrected chi connectivity index (χ2v) is 5.02. The van der Waals surface area contributed by atoms with Crippen LogP contribution < -0.4 is 10.3 Å². The van der Waals surface area contributed by atoms with Crippen LogP contribution in [-0.2, 0) is 6.54 Å². The molecule has 0 fully saturated rings. The topological polar surface area (TPSA) is 51.5 Å². The van der Waals surface area contributed by atoms with Crippen molar-refractivity contribution in [3.63, 3.8) is 0 Å². The summed E-state index contributed by atoms with van der Waals surface area (Å²) in [5.74, 6) is 0.666. The lowest BCUT2D eigenvalue weighted by Crippen LogP contribution is -2.21. The molecule has 3 aromatic rings. The number of fused-ring (bicyclic) bond motifs is 1. The molecule has 3 rings (SSSR count). The van der Waals surface area contributed by atoms with Crippen molar-refractivity contribution in [3.8, 4) is 22.6 Å². The van der Waals surface area contributed by atoms with E-state index in [-0.39, 0.29) is 11.3 Å². The smallest absolute Gasteiger partial charge is 0.262 e. The zero-order chi connectivity index (χ0) is 15.7. The van der Waals surface area contributed by atoms with E-state index < -0.39 is 0 Å². The fourth-order valence-electron chi connectivity index (χ4n) is 2.72. The Balaban J connectivity index is 2.43. The molecule has 1 aromatic heterocycles. The second kappa shape index (κ2) is 5.56. The highest BCUT2D eigenvalue weighted by Crippen LogP contribution is 2.34. The third kappa shape index (κ3) is 2.13. The van der Waals surface area contributed by atoms with Gasteiger partial charge in [-0.1, -0.05) is 30.3 Å². The summed E-state index contributed by atoms with van der Waals surface area (Å²) >= 11 is 0. The van der Waals surface area contributed by atoms with E-state index in [0.717, 1.165) is 0 Å². The van der Waals surface area contributed by atoms with Gasteiger partial charge in [-0.15, -0.1) is 0 Å². The van der Waals surface area contributed by atoms with E-state index in [4.69, 9.17) is 4.74 Å². The largest absolute Gasteiger partial charge is 0.506 e. The van der Waals surface area contributed by atoms with Gasteiger partial charge in [-0.05, 0) is 24.6 Å². The van der Waals surface area contributed by atoms with Crippen molar-refractivity contribution in [2.24, 2.45) is 0 Å². The lowest BCUT2D eigenvalue weighted by Gasteiger charge is -2.14. The van der Waals surface area contributed by atoms with Crippen LogP contribution in [0.25, 0.3) is 22.0 Å². The summed E-state index contributed by atoms with van der Waals surface area (Å²) in [6, 6.07) is 14.6. The number of pyridine rings is 1.